The Labute approximate surface area is 224 Å². The van der Waals surface area contributed by atoms with E-state index < -0.39 is 5.54 Å². The molecule has 37 heavy (non-hydrogen) atoms. The van der Waals surface area contributed by atoms with Gasteiger partial charge in [0, 0.05) is 19.5 Å². The quantitative estimate of drug-likeness (QED) is 0.210. The van der Waals surface area contributed by atoms with Gasteiger partial charge >= 0.3 is 0 Å². The number of anilines is 1. The molecule has 1 aliphatic heterocycles. The molecule has 1 atom stereocenters. The Morgan fingerprint density at radius 3 is 2.05 bits per heavy atom. The minimum absolute atomic E-state index is 0.107. The molecule has 0 aliphatic carbocycles. The van der Waals surface area contributed by atoms with E-state index in [1.165, 1.54) is 32.1 Å². The number of unbranched alkanes of at least 4 members (excludes halogenated alkanes) is 9. The highest BCUT2D eigenvalue weighted by molar-refractivity contribution is 6.40. The molecule has 0 bridgehead atoms. The third-order valence-corrected chi connectivity index (χ3v) is 6.93. The maximum absolute atomic E-state index is 13.3. The number of nitrogens with zero attached hydrogens (tertiary/aromatic N) is 2. The number of benzene rings is 1. The van der Waals surface area contributed by atoms with Crippen LogP contribution in [0.3, 0.4) is 0 Å². The molecule has 0 radical (unpaired) electrons. The van der Waals surface area contributed by atoms with Gasteiger partial charge in [0.1, 0.15) is 17.0 Å². The van der Waals surface area contributed by atoms with Gasteiger partial charge in [0.25, 0.3) is 5.91 Å². The van der Waals surface area contributed by atoms with Crippen LogP contribution < -0.4 is 20.4 Å². The predicted molar refractivity (Wildman–Crippen MR) is 153 cm³/mol. The van der Waals surface area contributed by atoms with Crippen LogP contribution >= 0.6 is 0 Å². The molecule has 2 rings (SSSR count). The van der Waals surface area contributed by atoms with E-state index in [0.717, 1.165) is 56.4 Å². The monoisotopic (exact) mass is 514 g/mol. The van der Waals surface area contributed by atoms with Crippen LogP contribution in [0.1, 0.15) is 111 Å². The smallest absolute Gasteiger partial charge is 0.267 e. The normalized spacial score (nSPS) is 17.0. The number of hydrogen-bond donors (Lipinski definition) is 2. The number of ether oxygens (including phenoxy) is 1. The van der Waals surface area contributed by atoms with Crippen LogP contribution in [0.4, 0.5) is 5.69 Å². The summed E-state index contributed by atoms with van der Waals surface area (Å²) >= 11 is 0. The molecule has 1 aliphatic rings. The summed E-state index contributed by atoms with van der Waals surface area (Å²) in [5.74, 6) is 0.507. The average Bonchev–Trinajstić information content (AvgIpc) is 3.27. The van der Waals surface area contributed by atoms with Crippen molar-refractivity contribution in [1.82, 2.24) is 10.6 Å². The van der Waals surface area contributed by atoms with Crippen molar-refractivity contribution in [3.05, 3.63) is 24.3 Å². The van der Waals surface area contributed by atoms with Crippen LogP contribution in [0, 0.1) is 0 Å². The van der Waals surface area contributed by atoms with Crippen molar-refractivity contribution in [1.29, 1.82) is 0 Å². The standard InChI is InChI=1S/C30H50N4O3/c1-5-8-11-12-13-16-23-37-26-19-17-25(18-20-26)34-30(4,29(36)32-22-15-10-7-3)24-27(33-34)28(35)31-21-14-9-6-2/h17-20H,5-16,21-24H2,1-4H3,(H,31,35)(H,32,36). The molecule has 0 aromatic heterocycles. The lowest BCUT2D eigenvalue weighted by Crippen LogP contribution is -2.53. The van der Waals surface area contributed by atoms with E-state index in [0.29, 0.717) is 25.4 Å². The molecule has 0 saturated carbocycles. The lowest BCUT2D eigenvalue weighted by molar-refractivity contribution is -0.125. The zero-order valence-corrected chi connectivity index (χ0v) is 23.7. The number of carbonyl (C=O) groups is 2. The molecule has 1 unspecified atom stereocenters. The summed E-state index contributed by atoms with van der Waals surface area (Å²) in [5.41, 5.74) is 0.196. The summed E-state index contributed by atoms with van der Waals surface area (Å²) in [6, 6.07) is 7.68. The van der Waals surface area contributed by atoms with Gasteiger partial charge in [-0.3, -0.25) is 9.59 Å². The third-order valence-electron chi connectivity index (χ3n) is 6.93. The maximum Gasteiger partial charge on any atom is 0.267 e. The molecule has 0 fully saturated rings. The molecule has 208 valence electrons. The summed E-state index contributed by atoms with van der Waals surface area (Å²) in [7, 11) is 0. The largest absolute Gasteiger partial charge is 0.494 e. The van der Waals surface area contributed by atoms with Crippen molar-refractivity contribution in [3.8, 4) is 5.75 Å². The molecule has 1 aromatic rings. The Morgan fingerprint density at radius 1 is 0.838 bits per heavy atom. The fourth-order valence-electron chi connectivity index (χ4n) is 4.51. The zero-order valence-electron chi connectivity index (χ0n) is 23.7. The number of carbonyl (C=O) groups excluding carboxylic acids is 2. The first kappa shape index (κ1) is 30.7. The SMILES string of the molecule is CCCCCCCCOc1ccc(N2N=C(C(=O)NCCCCC)CC2(C)C(=O)NCCCCC)cc1. The predicted octanol–water partition coefficient (Wildman–Crippen LogP) is 6.36. The van der Waals surface area contributed by atoms with Gasteiger partial charge in [0.05, 0.1) is 12.3 Å². The van der Waals surface area contributed by atoms with E-state index in [1.807, 2.05) is 31.2 Å². The van der Waals surface area contributed by atoms with Crippen LogP contribution in [-0.4, -0.2) is 42.8 Å². The van der Waals surface area contributed by atoms with E-state index >= 15 is 0 Å². The van der Waals surface area contributed by atoms with Crippen LogP contribution in [0.5, 0.6) is 5.75 Å². The van der Waals surface area contributed by atoms with Crippen molar-refractivity contribution >= 4 is 23.2 Å². The number of hydrogen-bond acceptors (Lipinski definition) is 5. The van der Waals surface area contributed by atoms with Crippen molar-refractivity contribution in [2.45, 2.75) is 117 Å². The molecule has 1 aromatic carbocycles. The highest BCUT2D eigenvalue weighted by Crippen LogP contribution is 2.34. The molecule has 7 heteroatoms. The molecular weight excluding hydrogens is 464 g/mol. The van der Waals surface area contributed by atoms with Gasteiger partial charge in [0.15, 0.2) is 0 Å². The summed E-state index contributed by atoms with van der Waals surface area (Å²) in [6.45, 7) is 10.3. The lowest BCUT2D eigenvalue weighted by Gasteiger charge is -2.33. The van der Waals surface area contributed by atoms with Crippen molar-refractivity contribution in [3.63, 3.8) is 0 Å². The minimum Gasteiger partial charge on any atom is -0.494 e. The maximum atomic E-state index is 13.3. The fraction of sp³-hybridized carbons (Fsp3) is 0.700. The third kappa shape index (κ3) is 10.0. The van der Waals surface area contributed by atoms with Crippen LogP contribution in [0.2, 0.25) is 0 Å². The van der Waals surface area contributed by atoms with Crippen LogP contribution in [-0.2, 0) is 9.59 Å². The van der Waals surface area contributed by atoms with E-state index in [9.17, 15) is 9.59 Å². The van der Waals surface area contributed by atoms with Gasteiger partial charge in [-0.05, 0) is 50.5 Å². The fourth-order valence-corrected chi connectivity index (χ4v) is 4.51. The molecule has 0 spiro atoms. The molecule has 0 saturated heterocycles. The van der Waals surface area contributed by atoms with Crippen molar-refractivity contribution < 1.29 is 14.3 Å². The number of rotatable bonds is 19. The summed E-state index contributed by atoms with van der Waals surface area (Å²) in [5, 5.41) is 12.4. The van der Waals surface area contributed by atoms with Gasteiger partial charge < -0.3 is 15.4 Å². The second kappa shape index (κ2) is 17.0. The molecule has 2 N–H and O–H groups in total. The first-order valence-electron chi connectivity index (χ1n) is 14.6. The highest BCUT2D eigenvalue weighted by atomic mass is 16.5. The first-order valence-corrected chi connectivity index (χ1v) is 14.6. The van der Waals surface area contributed by atoms with Gasteiger partial charge in [-0.1, -0.05) is 78.6 Å². The van der Waals surface area contributed by atoms with Crippen molar-refractivity contribution in [2.24, 2.45) is 5.10 Å². The van der Waals surface area contributed by atoms with Gasteiger partial charge in [0.2, 0.25) is 5.91 Å². The summed E-state index contributed by atoms with van der Waals surface area (Å²) in [4.78, 5) is 26.2. The van der Waals surface area contributed by atoms with Crippen molar-refractivity contribution in [2.75, 3.05) is 24.7 Å². The van der Waals surface area contributed by atoms with E-state index in [-0.39, 0.29) is 18.2 Å². The van der Waals surface area contributed by atoms with Gasteiger partial charge in [-0.25, -0.2) is 5.01 Å². The lowest BCUT2D eigenvalue weighted by atomic mass is 9.93. The number of hydrazone groups is 1. The first-order chi connectivity index (χ1) is 18.0. The number of nitrogens with one attached hydrogen (secondary N) is 2. The van der Waals surface area contributed by atoms with E-state index in [1.54, 1.807) is 5.01 Å². The highest BCUT2D eigenvalue weighted by Gasteiger charge is 2.47. The van der Waals surface area contributed by atoms with E-state index in [4.69, 9.17) is 4.74 Å². The topological polar surface area (TPSA) is 83.0 Å². The molecule has 7 nitrogen and oxygen atoms in total. The molecular formula is C30H50N4O3. The molecule has 1 heterocycles. The summed E-state index contributed by atoms with van der Waals surface area (Å²) in [6.07, 6.45) is 13.8. The zero-order chi connectivity index (χ0) is 26.9. The van der Waals surface area contributed by atoms with Gasteiger partial charge in [-0.2, -0.15) is 5.10 Å². The Balaban J connectivity index is 2.05. The second-order valence-electron chi connectivity index (χ2n) is 10.3. The average molecular weight is 515 g/mol. The van der Waals surface area contributed by atoms with Gasteiger partial charge in [-0.15, -0.1) is 0 Å². The minimum atomic E-state index is -0.969. The van der Waals surface area contributed by atoms with E-state index in [2.05, 4.69) is 36.5 Å². The molecule has 2 amide bonds. The van der Waals surface area contributed by atoms with Crippen LogP contribution in [0.15, 0.2) is 29.4 Å². The summed E-state index contributed by atoms with van der Waals surface area (Å²) < 4.78 is 5.93. The second-order valence-corrected chi connectivity index (χ2v) is 10.3. The Morgan fingerprint density at radius 2 is 1.41 bits per heavy atom. The van der Waals surface area contributed by atoms with Crippen LogP contribution in [0.25, 0.3) is 0 Å². The Kier molecular flexibility index (Phi) is 14.1. The number of amides is 2. The Hall–Kier alpha value is -2.57. The Bertz CT molecular complexity index is 840.